The van der Waals surface area contributed by atoms with Crippen LogP contribution in [0.5, 0.6) is 11.8 Å². The number of anilines is 1. The van der Waals surface area contributed by atoms with E-state index in [-0.39, 0.29) is 22.5 Å². The van der Waals surface area contributed by atoms with E-state index in [4.69, 9.17) is 4.74 Å². The summed E-state index contributed by atoms with van der Waals surface area (Å²) in [6.07, 6.45) is 2.76. The van der Waals surface area contributed by atoms with E-state index >= 15 is 0 Å². The summed E-state index contributed by atoms with van der Waals surface area (Å²) in [5.41, 5.74) is 0.892. The summed E-state index contributed by atoms with van der Waals surface area (Å²) in [4.78, 5) is 12.0. The van der Waals surface area contributed by atoms with Crippen LogP contribution in [0, 0.1) is 19.7 Å². The number of aryl methyl sites for hydroxylation is 3. The largest absolute Gasteiger partial charge is 0.421 e. The number of nitrogens with one attached hydrogen (secondary N) is 1. The summed E-state index contributed by atoms with van der Waals surface area (Å²) in [7, 11) is -2.21. The van der Waals surface area contributed by atoms with E-state index < -0.39 is 15.8 Å². The van der Waals surface area contributed by atoms with E-state index in [1.165, 1.54) is 35.3 Å². The van der Waals surface area contributed by atoms with Gasteiger partial charge in [-0.2, -0.15) is 18.4 Å². The van der Waals surface area contributed by atoms with Crippen LogP contribution in [-0.4, -0.2) is 27.9 Å². The van der Waals surface area contributed by atoms with Gasteiger partial charge in [0, 0.05) is 13.2 Å². The first-order chi connectivity index (χ1) is 12.3. The van der Waals surface area contributed by atoms with Crippen molar-refractivity contribution in [2.75, 3.05) is 4.72 Å². The molecule has 1 aromatic carbocycles. The topological polar surface area (TPSA) is 99.0 Å². The lowest BCUT2D eigenvalue weighted by Gasteiger charge is -2.13. The highest BCUT2D eigenvalue weighted by Crippen LogP contribution is 2.26. The number of rotatable bonds is 5. The maximum Gasteiger partial charge on any atom is 0.322 e. The number of halogens is 1. The van der Waals surface area contributed by atoms with Crippen LogP contribution < -0.4 is 9.46 Å². The van der Waals surface area contributed by atoms with Gasteiger partial charge in [-0.25, -0.2) is 9.37 Å². The molecule has 1 N–H and O–H groups in total. The third-order valence-electron chi connectivity index (χ3n) is 3.48. The first-order valence-electron chi connectivity index (χ1n) is 7.54. The fourth-order valence-corrected chi connectivity index (χ4v) is 3.38. The molecule has 0 aliphatic rings. The predicted octanol–water partition coefficient (Wildman–Crippen LogP) is 2.56. The molecule has 2 heterocycles. The van der Waals surface area contributed by atoms with Crippen LogP contribution in [0.15, 0.2) is 41.8 Å². The fraction of sp³-hybridized carbons (Fsp3) is 0.188. The van der Waals surface area contributed by atoms with Gasteiger partial charge in [-0.1, -0.05) is 12.1 Å². The Labute approximate surface area is 149 Å². The smallest absolute Gasteiger partial charge is 0.322 e. The second-order valence-electron chi connectivity index (χ2n) is 5.57. The number of aromatic nitrogens is 4. The van der Waals surface area contributed by atoms with Gasteiger partial charge in [0.1, 0.15) is 0 Å². The second-order valence-corrected chi connectivity index (χ2v) is 7.20. The van der Waals surface area contributed by atoms with Crippen LogP contribution in [-0.2, 0) is 17.1 Å². The molecule has 136 valence electrons. The van der Waals surface area contributed by atoms with E-state index in [1.54, 1.807) is 27.0 Å². The van der Waals surface area contributed by atoms with Gasteiger partial charge < -0.3 is 9.30 Å². The third-order valence-corrected chi connectivity index (χ3v) is 4.72. The highest BCUT2D eigenvalue weighted by molar-refractivity contribution is 7.92. The molecule has 0 saturated carbocycles. The number of nitrogens with zero attached hydrogens (tertiary/aromatic N) is 4. The molecule has 0 unspecified atom stereocenters. The molecular weight excluding hydrogens is 361 g/mol. The normalized spacial score (nSPS) is 11.4. The molecule has 0 aliphatic carbocycles. The first-order valence-corrected chi connectivity index (χ1v) is 9.03. The monoisotopic (exact) mass is 377 g/mol. The van der Waals surface area contributed by atoms with Crippen LogP contribution in [0.3, 0.4) is 0 Å². The lowest BCUT2D eigenvalue weighted by atomic mass is 10.3. The molecule has 0 aliphatic heterocycles. The van der Waals surface area contributed by atoms with Crippen LogP contribution in [0.25, 0.3) is 0 Å². The summed E-state index contributed by atoms with van der Waals surface area (Å²) >= 11 is 0. The zero-order valence-electron chi connectivity index (χ0n) is 14.3. The second kappa shape index (κ2) is 6.71. The predicted molar refractivity (Wildman–Crippen MR) is 92.0 cm³/mol. The van der Waals surface area contributed by atoms with Gasteiger partial charge in [-0.15, -0.1) is 0 Å². The van der Waals surface area contributed by atoms with Gasteiger partial charge in [0.15, 0.2) is 16.6 Å². The molecule has 3 aromatic rings. The number of hydrogen-bond acceptors (Lipinski definition) is 6. The Morgan fingerprint density at radius 1 is 1.15 bits per heavy atom. The van der Waals surface area contributed by atoms with Crippen molar-refractivity contribution < 1.29 is 17.5 Å². The highest BCUT2D eigenvalue weighted by Gasteiger charge is 2.21. The van der Waals surface area contributed by atoms with E-state index in [0.29, 0.717) is 11.4 Å². The molecule has 3 rings (SSSR count). The van der Waals surface area contributed by atoms with Gasteiger partial charge in [0.2, 0.25) is 0 Å². The molecular formula is C16H16FN5O3S. The minimum absolute atomic E-state index is 0.0203. The molecule has 0 fully saturated rings. The van der Waals surface area contributed by atoms with Crippen molar-refractivity contribution in [2.24, 2.45) is 7.05 Å². The Bertz CT molecular complexity index is 1040. The molecule has 0 atom stereocenters. The lowest BCUT2D eigenvalue weighted by Crippen LogP contribution is -2.16. The van der Waals surface area contributed by atoms with Gasteiger partial charge in [0.05, 0.1) is 23.4 Å². The van der Waals surface area contributed by atoms with Crippen molar-refractivity contribution in [1.82, 2.24) is 19.5 Å². The van der Waals surface area contributed by atoms with Gasteiger partial charge in [-0.3, -0.25) is 4.72 Å². The van der Waals surface area contributed by atoms with Crippen molar-refractivity contribution in [2.45, 2.75) is 18.9 Å². The molecule has 0 spiro atoms. The Hall–Kier alpha value is -3.01. The summed E-state index contributed by atoms with van der Waals surface area (Å²) < 4.78 is 47.8. The third kappa shape index (κ3) is 3.64. The number of hydrogen-bond donors (Lipinski definition) is 1. The summed E-state index contributed by atoms with van der Waals surface area (Å²) in [5.74, 6) is -0.570. The molecule has 2 aromatic heterocycles. The van der Waals surface area contributed by atoms with Gasteiger partial charge in [-0.05, 0) is 26.0 Å². The number of sulfonamides is 1. The van der Waals surface area contributed by atoms with Crippen LogP contribution in [0.1, 0.15) is 11.4 Å². The van der Waals surface area contributed by atoms with Gasteiger partial charge in [0.25, 0.3) is 10.0 Å². The number of ether oxygens (including phenoxy) is 1. The summed E-state index contributed by atoms with van der Waals surface area (Å²) in [6, 6.07) is 5.78. The van der Waals surface area contributed by atoms with E-state index in [0.717, 1.165) is 0 Å². The Balaban J connectivity index is 1.89. The quantitative estimate of drug-likeness (QED) is 0.734. The summed E-state index contributed by atoms with van der Waals surface area (Å²) in [5, 5.41) is -0.120. The zero-order chi connectivity index (χ0) is 18.9. The number of imidazole rings is 1. The molecule has 0 bridgehead atoms. The molecule has 8 nitrogen and oxygen atoms in total. The average Bonchev–Trinajstić information content (AvgIpc) is 3.01. The Kier molecular flexibility index (Phi) is 4.60. The van der Waals surface area contributed by atoms with Crippen molar-refractivity contribution in [3.8, 4) is 11.8 Å². The van der Waals surface area contributed by atoms with E-state index in [9.17, 15) is 12.8 Å². The molecule has 0 radical (unpaired) electrons. The minimum Gasteiger partial charge on any atom is -0.421 e. The minimum atomic E-state index is -3.88. The molecule has 0 saturated heterocycles. The average molecular weight is 377 g/mol. The molecule has 10 heteroatoms. The maximum absolute atomic E-state index is 13.7. The van der Waals surface area contributed by atoms with Crippen molar-refractivity contribution in [3.63, 3.8) is 0 Å². The molecule has 26 heavy (non-hydrogen) atoms. The van der Waals surface area contributed by atoms with Crippen molar-refractivity contribution in [3.05, 3.63) is 54.0 Å². The zero-order valence-corrected chi connectivity index (χ0v) is 15.1. The van der Waals surface area contributed by atoms with Crippen LogP contribution >= 0.6 is 0 Å². The van der Waals surface area contributed by atoms with E-state index in [2.05, 4.69) is 19.7 Å². The standard InChI is InChI=1S/C16H16FN5O3S/c1-10-15(21-26(23,24)14-8-22(3)9-18-14)11(2)20-16(19-10)25-13-7-5-4-6-12(13)17/h4-9,21H,1-3H3. The first kappa shape index (κ1) is 17.8. The maximum atomic E-state index is 13.7. The van der Waals surface area contributed by atoms with Crippen molar-refractivity contribution in [1.29, 1.82) is 0 Å². The lowest BCUT2D eigenvalue weighted by molar-refractivity contribution is 0.409. The number of benzene rings is 1. The fourth-order valence-electron chi connectivity index (χ4n) is 2.22. The number of para-hydroxylation sites is 1. The van der Waals surface area contributed by atoms with Crippen LogP contribution in [0.4, 0.5) is 10.1 Å². The Morgan fingerprint density at radius 3 is 2.38 bits per heavy atom. The Morgan fingerprint density at radius 2 is 1.81 bits per heavy atom. The summed E-state index contributed by atoms with van der Waals surface area (Å²) in [6.45, 7) is 3.19. The van der Waals surface area contributed by atoms with Gasteiger partial charge >= 0.3 is 6.01 Å². The van der Waals surface area contributed by atoms with E-state index in [1.807, 2.05) is 0 Å². The highest BCUT2D eigenvalue weighted by atomic mass is 32.2. The SMILES string of the molecule is Cc1nc(Oc2ccccc2F)nc(C)c1NS(=O)(=O)c1cn(C)cn1. The van der Waals surface area contributed by atoms with Crippen molar-refractivity contribution >= 4 is 15.7 Å². The molecule has 0 amide bonds. The van der Waals surface area contributed by atoms with Crippen LogP contribution in [0.2, 0.25) is 0 Å².